The summed E-state index contributed by atoms with van der Waals surface area (Å²) in [6, 6.07) is 13.1. The molecule has 0 spiro atoms. The molecule has 1 N–H and O–H groups in total. The van der Waals surface area contributed by atoms with Crippen LogP contribution in [0.3, 0.4) is 0 Å². The Hall–Kier alpha value is -4.46. The van der Waals surface area contributed by atoms with Gasteiger partial charge in [-0.05, 0) is 23.8 Å². The van der Waals surface area contributed by atoms with E-state index in [1.54, 1.807) is 48.5 Å². The zero-order chi connectivity index (χ0) is 24.0. The van der Waals surface area contributed by atoms with Gasteiger partial charge >= 0.3 is 17.9 Å². The van der Waals surface area contributed by atoms with Crippen molar-refractivity contribution < 1.29 is 33.8 Å². The van der Waals surface area contributed by atoms with Gasteiger partial charge in [0.2, 0.25) is 0 Å². The van der Waals surface area contributed by atoms with Gasteiger partial charge in [-0.15, -0.1) is 0 Å². The monoisotopic (exact) mass is 447 g/mol. The SMILES string of the molecule is COC(=O)C1=C(C(=O)OC)N(c2c(CC(=O)O)cccc2C(=O)c2ccccc2)C=CC=C1. The van der Waals surface area contributed by atoms with Gasteiger partial charge in [0.15, 0.2) is 5.78 Å². The molecule has 3 rings (SSSR count). The topological polar surface area (TPSA) is 110 Å². The highest BCUT2D eigenvalue weighted by Gasteiger charge is 2.31. The van der Waals surface area contributed by atoms with Crippen LogP contribution in [0, 0.1) is 0 Å². The Bertz CT molecular complexity index is 1190. The van der Waals surface area contributed by atoms with Crippen molar-refractivity contribution in [1.29, 1.82) is 0 Å². The average Bonchev–Trinajstić information content (AvgIpc) is 3.05. The van der Waals surface area contributed by atoms with Crippen molar-refractivity contribution in [3.05, 3.63) is 101 Å². The first-order valence-electron chi connectivity index (χ1n) is 9.87. The lowest BCUT2D eigenvalue weighted by Gasteiger charge is -2.27. The fourth-order valence-corrected chi connectivity index (χ4v) is 3.45. The minimum atomic E-state index is -1.13. The lowest BCUT2D eigenvalue weighted by Crippen LogP contribution is -2.29. The molecule has 0 saturated heterocycles. The van der Waals surface area contributed by atoms with Crippen LogP contribution < -0.4 is 4.90 Å². The van der Waals surface area contributed by atoms with Gasteiger partial charge in [-0.25, -0.2) is 9.59 Å². The molecule has 33 heavy (non-hydrogen) atoms. The third-order valence-electron chi connectivity index (χ3n) is 4.87. The first kappa shape index (κ1) is 23.2. The van der Waals surface area contributed by atoms with Crippen LogP contribution >= 0.6 is 0 Å². The Morgan fingerprint density at radius 2 is 1.58 bits per heavy atom. The number of carboxylic acids is 1. The van der Waals surface area contributed by atoms with E-state index in [9.17, 15) is 24.3 Å². The number of nitrogens with zero attached hydrogens (tertiary/aromatic N) is 1. The molecule has 0 aromatic heterocycles. The highest BCUT2D eigenvalue weighted by molar-refractivity contribution is 6.14. The van der Waals surface area contributed by atoms with Crippen LogP contribution in [0.5, 0.6) is 0 Å². The maximum atomic E-state index is 13.4. The molecule has 0 atom stereocenters. The Morgan fingerprint density at radius 1 is 0.879 bits per heavy atom. The summed E-state index contributed by atoms with van der Waals surface area (Å²) >= 11 is 0. The number of ether oxygens (including phenoxy) is 2. The van der Waals surface area contributed by atoms with E-state index >= 15 is 0 Å². The van der Waals surface area contributed by atoms with Crippen LogP contribution in [0.25, 0.3) is 0 Å². The van der Waals surface area contributed by atoms with Crippen molar-refractivity contribution in [2.24, 2.45) is 0 Å². The molecule has 2 aromatic rings. The van der Waals surface area contributed by atoms with Crippen molar-refractivity contribution in [2.75, 3.05) is 19.1 Å². The summed E-state index contributed by atoms with van der Waals surface area (Å²) in [6.45, 7) is 0. The van der Waals surface area contributed by atoms with Gasteiger partial charge in [-0.2, -0.15) is 0 Å². The zero-order valence-electron chi connectivity index (χ0n) is 18.0. The Balaban J connectivity index is 2.34. The molecule has 0 radical (unpaired) electrons. The summed E-state index contributed by atoms with van der Waals surface area (Å²) in [5.41, 5.74) is 0.612. The molecule has 8 nitrogen and oxygen atoms in total. The van der Waals surface area contributed by atoms with Crippen molar-refractivity contribution >= 4 is 29.4 Å². The van der Waals surface area contributed by atoms with Gasteiger partial charge in [-0.1, -0.05) is 48.5 Å². The van der Waals surface area contributed by atoms with Crippen LogP contribution in [-0.4, -0.2) is 43.0 Å². The highest BCUT2D eigenvalue weighted by Crippen LogP contribution is 2.34. The number of hydrogen-bond donors (Lipinski definition) is 1. The van der Waals surface area contributed by atoms with E-state index in [2.05, 4.69) is 0 Å². The lowest BCUT2D eigenvalue weighted by molar-refractivity contribution is -0.139. The van der Waals surface area contributed by atoms with Crippen molar-refractivity contribution in [3.63, 3.8) is 0 Å². The summed E-state index contributed by atoms with van der Waals surface area (Å²) < 4.78 is 9.74. The van der Waals surface area contributed by atoms with Crippen LogP contribution in [0.15, 0.2) is 84.2 Å². The molecule has 0 bridgehead atoms. The summed E-state index contributed by atoms with van der Waals surface area (Å²) in [7, 11) is 2.32. The Kier molecular flexibility index (Phi) is 7.20. The third kappa shape index (κ3) is 4.90. The van der Waals surface area contributed by atoms with E-state index < -0.39 is 24.3 Å². The van der Waals surface area contributed by atoms with E-state index in [1.807, 2.05) is 0 Å². The van der Waals surface area contributed by atoms with Gasteiger partial charge < -0.3 is 19.5 Å². The highest BCUT2D eigenvalue weighted by atomic mass is 16.5. The number of allylic oxidation sites excluding steroid dienone is 2. The van der Waals surface area contributed by atoms with Crippen LogP contribution in [-0.2, 0) is 30.3 Å². The number of aliphatic carboxylic acids is 1. The van der Waals surface area contributed by atoms with Crippen molar-refractivity contribution in [1.82, 2.24) is 0 Å². The second-order valence-electron chi connectivity index (χ2n) is 6.90. The number of ketones is 1. The molecule has 168 valence electrons. The third-order valence-corrected chi connectivity index (χ3v) is 4.87. The molecule has 1 aliphatic heterocycles. The second-order valence-corrected chi connectivity index (χ2v) is 6.90. The Labute approximate surface area is 190 Å². The summed E-state index contributed by atoms with van der Waals surface area (Å²) in [6.07, 6.45) is 5.49. The molecule has 8 heteroatoms. The van der Waals surface area contributed by atoms with E-state index in [0.29, 0.717) is 5.56 Å². The number of hydrogen-bond acceptors (Lipinski definition) is 7. The smallest absolute Gasteiger partial charge is 0.355 e. The molecule has 1 heterocycles. The Morgan fingerprint density at radius 3 is 2.21 bits per heavy atom. The fourth-order valence-electron chi connectivity index (χ4n) is 3.45. The van der Waals surface area contributed by atoms with Crippen molar-refractivity contribution in [3.8, 4) is 0 Å². The average molecular weight is 447 g/mol. The van der Waals surface area contributed by atoms with Crippen LogP contribution in [0.1, 0.15) is 21.5 Å². The maximum Gasteiger partial charge on any atom is 0.355 e. The van der Waals surface area contributed by atoms with Gasteiger partial charge in [0.05, 0.1) is 31.9 Å². The predicted molar refractivity (Wildman–Crippen MR) is 119 cm³/mol. The summed E-state index contributed by atoms with van der Waals surface area (Å²) in [5.74, 6) is -3.18. The number of esters is 2. The largest absolute Gasteiger partial charge is 0.481 e. The van der Waals surface area contributed by atoms with Gasteiger partial charge in [0.1, 0.15) is 5.70 Å². The number of benzene rings is 2. The molecule has 0 saturated carbocycles. The molecular formula is C25H21NO7. The van der Waals surface area contributed by atoms with E-state index in [4.69, 9.17) is 9.47 Å². The first-order valence-corrected chi connectivity index (χ1v) is 9.87. The first-order chi connectivity index (χ1) is 15.9. The number of carbonyl (C=O) groups is 4. The number of methoxy groups -OCH3 is 2. The molecule has 0 fully saturated rings. The van der Waals surface area contributed by atoms with E-state index in [-0.39, 0.29) is 33.9 Å². The molecule has 0 unspecified atom stereocenters. The number of carbonyl (C=O) groups excluding carboxylic acids is 3. The standard InChI is InChI=1S/C25H21NO7/c1-32-24(30)19-12-6-7-14-26(22(19)25(31)33-2)21-17(15-20(27)28)11-8-13-18(21)23(29)16-9-4-3-5-10-16/h3-14H,15H2,1-2H3,(H,27,28). The number of para-hydroxylation sites is 1. The van der Waals surface area contributed by atoms with Crippen molar-refractivity contribution in [2.45, 2.75) is 6.42 Å². The molecule has 2 aromatic carbocycles. The van der Waals surface area contributed by atoms with Crippen LogP contribution in [0.4, 0.5) is 5.69 Å². The maximum absolute atomic E-state index is 13.4. The van der Waals surface area contributed by atoms with E-state index in [0.717, 1.165) is 7.11 Å². The minimum absolute atomic E-state index is 0.113. The lowest BCUT2D eigenvalue weighted by atomic mass is 9.96. The van der Waals surface area contributed by atoms with Gasteiger partial charge in [0, 0.05) is 17.3 Å². The number of rotatable bonds is 7. The number of anilines is 1. The fraction of sp³-hybridized carbons (Fsp3) is 0.120. The summed E-state index contributed by atoms with van der Waals surface area (Å²) in [5, 5.41) is 9.48. The van der Waals surface area contributed by atoms with Gasteiger partial charge in [0.25, 0.3) is 0 Å². The van der Waals surface area contributed by atoms with E-state index in [1.165, 1.54) is 36.4 Å². The molecule has 0 aliphatic carbocycles. The molecule has 0 amide bonds. The molecule has 1 aliphatic rings. The van der Waals surface area contributed by atoms with Crippen LogP contribution in [0.2, 0.25) is 0 Å². The zero-order valence-corrected chi connectivity index (χ0v) is 18.0. The molecular weight excluding hydrogens is 426 g/mol. The minimum Gasteiger partial charge on any atom is -0.481 e. The summed E-state index contributed by atoms with van der Waals surface area (Å²) in [4.78, 5) is 51.6. The quantitative estimate of drug-likeness (QED) is 0.509. The number of carboxylic acid groups (broad SMARTS) is 1. The van der Waals surface area contributed by atoms with Gasteiger partial charge in [-0.3, -0.25) is 9.59 Å². The predicted octanol–water partition coefficient (Wildman–Crippen LogP) is 3.03. The second kappa shape index (κ2) is 10.2. The normalized spacial score (nSPS) is 12.8.